The third kappa shape index (κ3) is 4.03. The van der Waals surface area contributed by atoms with Gasteiger partial charge in [0, 0.05) is 19.5 Å². The van der Waals surface area contributed by atoms with E-state index in [1.54, 1.807) is 26.4 Å². The van der Waals surface area contributed by atoms with E-state index in [2.05, 4.69) is 10.3 Å². The molecule has 1 atom stereocenters. The number of amides is 2. The molecule has 7 heteroatoms. The lowest BCUT2D eigenvalue weighted by Gasteiger charge is -2.17. The van der Waals surface area contributed by atoms with E-state index in [1.807, 2.05) is 0 Å². The molecule has 0 saturated carbocycles. The van der Waals surface area contributed by atoms with Crippen LogP contribution in [0.15, 0.2) is 5.38 Å². The first-order valence-corrected chi connectivity index (χ1v) is 5.98. The summed E-state index contributed by atoms with van der Waals surface area (Å²) < 4.78 is 0. The fourth-order valence-corrected chi connectivity index (χ4v) is 1.87. The molecule has 0 aliphatic heterocycles. The van der Waals surface area contributed by atoms with Gasteiger partial charge in [-0.15, -0.1) is 11.3 Å². The number of hydrogen-bond donors (Lipinski definition) is 2. The third-order valence-corrected chi connectivity index (χ3v) is 2.82. The van der Waals surface area contributed by atoms with Crippen LogP contribution in [0.4, 0.5) is 5.13 Å². The van der Waals surface area contributed by atoms with Crippen LogP contribution < -0.4 is 11.1 Å². The van der Waals surface area contributed by atoms with E-state index in [4.69, 9.17) is 5.73 Å². The standard InChI is InChI=1S/C10H16N4O2S/c1-6(9(16)14(2)3)12-8(15)4-7-5-17-10(11)13-7/h5-6H,4H2,1-3H3,(H2,11,13)(H,12,15). The Morgan fingerprint density at radius 3 is 2.71 bits per heavy atom. The molecule has 0 aliphatic rings. The van der Waals surface area contributed by atoms with Gasteiger partial charge >= 0.3 is 0 Å². The van der Waals surface area contributed by atoms with Crippen molar-refractivity contribution in [1.29, 1.82) is 0 Å². The van der Waals surface area contributed by atoms with E-state index >= 15 is 0 Å². The molecule has 3 N–H and O–H groups in total. The summed E-state index contributed by atoms with van der Waals surface area (Å²) in [6.07, 6.45) is 0.138. The fourth-order valence-electron chi connectivity index (χ4n) is 1.31. The molecule has 1 heterocycles. The minimum Gasteiger partial charge on any atom is -0.375 e. The molecule has 0 bridgehead atoms. The Morgan fingerprint density at radius 1 is 1.59 bits per heavy atom. The van der Waals surface area contributed by atoms with Crippen molar-refractivity contribution >= 4 is 28.3 Å². The molecular weight excluding hydrogens is 240 g/mol. The Morgan fingerprint density at radius 2 is 2.24 bits per heavy atom. The lowest BCUT2D eigenvalue weighted by Crippen LogP contribution is -2.44. The maximum absolute atomic E-state index is 11.6. The van der Waals surface area contributed by atoms with Crippen LogP contribution in [0.25, 0.3) is 0 Å². The minimum atomic E-state index is -0.534. The van der Waals surface area contributed by atoms with Gasteiger partial charge in [0.2, 0.25) is 11.8 Å². The first kappa shape index (κ1) is 13.4. The minimum absolute atomic E-state index is 0.138. The fraction of sp³-hybridized carbons (Fsp3) is 0.500. The number of carbonyl (C=O) groups excluding carboxylic acids is 2. The van der Waals surface area contributed by atoms with Gasteiger partial charge in [0.15, 0.2) is 5.13 Å². The zero-order valence-electron chi connectivity index (χ0n) is 10.1. The predicted octanol–water partition coefficient (Wildman–Crippen LogP) is -0.139. The van der Waals surface area contributed by atoms with Crippen LogP contribution in [0.3, 0.4) is 0 Å². The number of likely N-dealkylation sites (N-methyl/N-ethyl adjacent to an activating group) is 1. The molecule has 0 fully saturated rings. The van der Waals surface area contributed by atoms with Gasteiger partial charge in [0.05, 0.1) is 12.1 Å². The summed E-state index contributed by atoms with van der Waals surface area (Å²) in [5, 5.41) is 4.78. The van der Waals surface area contributed by atoms with Gasteiger partial charge in [-0.05, 0) is 6.92 Å². The second kappa shape index (κ2) is 5.62. The normalized spacial score (nSPS) is 11.9. The maximum atomic E-state index is 11.6. The van der Waals surface area contributed by atoms with Crippen LogP contribution in [0.1, 0.15) is 12.6 Å². The zero-order chi connectivity index (χ0) is 13.0. The summed E-state index contributed by atoms with van der Waals surface area (Å²) in [6, 6.07) is -0.534. The molecule has 0 aliphatic carbocycles. The van der Waals surface area contributed by atoms with Gasteiger partial charge < -0.3 is 16.0 Å². The van der Waals surface area contributed by atoms with Crippen molar-refractivity contribution in [1.82, 2.24) is 15.2 Å². The van der Waals surface area contributed by atoms with Crippen LogP contribution in [0.5, 0.6) is 0 Å². The SMILES string of the molecule is CC(NC(=O)Cc1csc(N)n1)C(=O)N(C)C. The van der Waals surface area contributed by atoms with E-state index in [9.17, 15) is 9.59 Å². The highest BCUT2D eigenvalue weighted by Crippen LogP contribution is 2.11. The van der Waals surface area contributed by atoms with Crippen molar-refractivity contribution < 1.29 is 9.59 Å². The van der Waals surface area contributed by atoms with E-state index < -0.39 is 6.04 Å². The first-order valence-electron chi connectivity index (χ1n) is 5.10. The number of carbonyl (C=O) groups is 2. The molecule has 6 nitrogen and oxygen atoms in total. The monoisotopic (exact) mass is 256 g/mol. The molecule has 1 aromatic heterocycles. The van der Waals surface area contributed by atoms with Crippen molar-refractivity contribution in [2.75, 3.05) is 19.8 Å². The van der Waals surface area contributed by atoms with Crippen molar-refractivity contribution in [3.63, 3.8) is 0 Å². The predicted molar refractivity (Wildman–Crippen MR) is 66.5 cm³/mol. The van der Waals surface area contributed by atoms with Gasteiger partial charge in [0.1, 0.15) is 6.04 Å². The lowest BCUT2D eigenvalue weighted by atomic mass is 10.2. The summed E-state index contributed by atoms with van der Waals surface area (Å²) in [7, 11) is 3.29. The summed E-state index contributed by atoms with van der Waals surface area (Å²) in [5.74, 6) is -0.380. The number of rotatable bonds is 4. The number of thiazole rings is 1. The van der Waals surface area contributed by atoms with Gasteiger partial charge in [-0.2, -0.15) is 0 Å². The molecule has 1 rings (SSSR count). The molecule has 0 spiro atoms. The topological polar surface area (TPSA) is 88.3 Å². The number of nitrogen functional groups attached to an aromatic ring is 1. The Balaban J connectivity index is 2.47. The second-order valence-corrected chi connectivity index (χ2v) is 4.77. The van der Waals surface area contributed by atoms with Gasteiger partial charge in [-0.3, -0.25) is 9.59 Å². The van der Waals surface area contributed by atoms with Crippen LogP contribution in [-0.2, 0) is 16.0 Å². The molecule has 1 aromatic rings. The Kier molecular flexibility index (Phi) is 4.45. The molecule has 94 valence electrons. The quantitative estimate of drug-likeness (QED) is 0.785. The zero-order valence-corrected chi connectivity index (χ0v) is 10.9. The average Bonchev–Trinajstić information content (AvgIpc) is 2.62. The highest BCUT2D eigenvalue weighted by molar-refractivity contribution is 7.13. The molecule has 2 amide bonds. The Bertz CT molecular complexity index is 416. The van der Waals surface area contributed by atoms with Crippen molar-refractivity contribution in [3.8, 4) is 0 Å². The number of aromatic nitrogens is 1. The van der Waals surface area contributed by atoms with Crippen LogP contribution in [0.2, 0.25) is 0 Å². The summed E-state index contributed by atoms with van der Waals surface area (Å²) in [4.78, 5) is 28.5. The van der Waals surface area contributed by atoms with E-state index in [0.717, 1.165) is 0 Å². The second-order valence-electron chi connectivity index (χ2n) is 3.88. The highest BCUT2D eigenvalue weighted by atomic mass is 32.1. The molecule has 0 saturated heterocycles. The number of nitrogens with one attached hydrogen (secondary N) is 1. The number of anilines is 1. The highest BCUT2D eigenvalue weighted by Gasteiger charge is 2.17. The van der Waals surface area contributed by atoms with Crippen LogP contribution >= 0.6 is 11.3 Å². The van der Waals surface area contributed by atoms with E-state index in [-0.39, 0.29) is 18.2 Å². The van der Waals surface area contributed by atoms with Gasteiger partial charge in [0.25, 0.3) is 0 Å². The molecule has 0 radical (unpaired) electrons. The number of hydrogen-bond acceptors (Lipinski definition) is 5. The molecule has 1 unspecified atom stereocenters. The van der Waals surface area contributed by atoms with Gasteiger partial charge in [-0.1, -0.05) is 0 Å². The first-order chi connectivity index (χ1) is 7.90. The molecular formula is C10H16N4O2S. The molecule has 0 aromatic carbocycles. The van der Waals surface area contributed by atoms with Crippen molar-refractivity contribution in [3.05, 3.63) is 11.1 Å². The van der Waals surface area contributed by atoms with Crippen LogP contribution in [-0.4, -0.2) is 41.8 Å². The summed E-state index contributed by atoms with van der Waals surface area (Å²) in [6.45, 7) is 1.65. The summed E-state index contributed by atoms with van der Waals surface area (Å²) in [5.41, 5.74) is 6.08. The smallest absolute Gasteiger partial charge is 0.244 e. The Hall–Kier alpha value is -1.63. The number of nitrogens with zero attached hydrogens (tertiary/aromatic N) is 2. The van der Waals surface area contributed by atoms with E-state index in [1.165, 1.54) is 16.2 Å². The third-order valence-electron chi connectivity index (χ3n) is 2.10. The Labute approximate surface area is 104 Å². The van der Waals surface area contributed by atoms with Crippen molar-refractivity contribution in [2.45, 2.75) is 19.4 Å². The largest absolute Gasteiger partial charge is 0.375 e. The van der Waals surface area contributed by atoms with Crippen LogP contribution in [0, 0.1) is 0 Å². The van der Waals surface area contributed by atoms with Crippen molar-refractivity contribution in [2.24, 2.45) is 0 Å². The van der Waals surface area contributed by atoms with Gasteiger partial charge in [-0.25, -0.2) is 4.98 Å². The lowest BCUT2D eigenvalue weighted by molar-refractivity contribution is -0.133. The summed E-state index contributed by atoms with van der Waals surface area (Å²) >= 11 is 1.29. The number of nitrogens with two attached hydrogens (primary N) is 1. The maximum Gasteiger partial charge on any atom is 0.244 e. The van der Waals surface area contributed by atoms with E-state index in [0.29, 0.717) is 10.8 Å². The average molecular weight is 256 g/mol. The molecule has 17 heavy (non-hydrogen) atoms.